The molecule has 0 saturated heterocycles. The van der Waals surface area contributed by atoms with Crippen LogP contribution < -0.4 is 5.43 Å². The summed E-state index contributed by atoms with van der Waals surface area (Å²) in [4.78, 5) is 22.9. The molecule has 0 spiro atoms. The van der Waals surface area contributed by atoms with Crippen LogP contribution in [-0.2, 0) is 11.2 Å². The first-order chi connectivity index (χ1) is 13.4. The summed E-state index contributed by atoms with van der Waals surface area (Å²) in [7, 11) is 0. The summed E-state index contributed by atoms with van der Waals surface area (Å²) >= 11 is 0. The average molecular weight is 376 g/mol. The van der Waals surface area contributed by atoms with Gasteiger partial charge in [0.15, 0.2) is 0 Å². The predicted octanol–water partition coefficient (Wildman–Crippen LogP) is 3.95. The van der Waals surface area contributed by atoms with Crippen molar-refractivity contribution in [2.45, 2.75) is 20.3 Å². The molecule has 0 unspecified atom stereocenters. The lowest BCUT2D eigenvalue weighted by atomic mass is 10.0. The monoisotopic (exact) mass is 376 g/mol. The molecule has 0 atom stereocenters. The second-order valence-corrected chi connectivity index (χ2v) is 6.47. The molecule has 0 aliphatic rings. The highest BCUT2D eigenvalue weighted by Crippen LogP contribution is 2.22. The summed E-state index contributed by atoms with van der Waals surface area (Å²) in [5.74, 6) is -0.130. The molecule has 6 nitrogen and oxygen atoms in total. The van der Waals surface area contributed by atoms with Gasteiger partial charge in [-0.15, -0.1) is 0 Å². The molecular weight excluding hydrogens is 356 g/mol. The lowest BCUT2D eigenvalue weighted by molar-refractivity contribution is -0.120. The Bertz CT molecular complexity index is 1030. The summed E-state index contributed by atoms with van der Waals surface area (Å²) in [5, 5.41) is 12.9. The number of benzene rings is 2. The molecule has 28 heavy (non-hydrogen) atoms. The molecule has 1 aromatic heterocycles. The number of hydrogen-bond acceptors (Lipinski definition) is 4. The molecule has 0 bridgehead atoms. The zero-order valence-corrected chi connectivity index (χ0v) is 15.6. The molecule has 1 amide bonds. The molecule has 0 fully saturated rings. The van der Waals surface area contributed by atoms with Crippen LogP contribution in [0.1, 0.15) is 32.8 Å². The number of nitrogens with zero attached hydrogens (tertiary/aromatic N) is 1. The first-order valence-corrected chi connectivity index (χ1v) is 8.74. The third kappa shape index (κ3) is 4.73. The van der Waals surface area contributed by atoms with Crippen molar-refractivity contribution in [3.8, 4) is 11.3 Å². The quantitative estimate of drug-likeness (QED) is 0.503. The summed E-state index contributed by atoms with van der Waals surface area (Å²) < 4.78 is 5.65. The Morgan fingerprint density at radius 1 is 1.04 bits per heavy atom. The van der Waals surface area contributed by atoms with E-state index in [1.54, 1.807) is 24.3 Å². The first-order valence-electron chi connectivity index (χ1n) is 8.74. The smallest absolute Gasteiger partial charge is 0.335 e. The maximum atomic E-state index is 12.0. The van der Waals surface area contributed by atoms with Crippen molar-refractivity contribution in [2.24, 2.45) is 5.10 Å². The second kappa shape index (κ2) is 8.35. The largest absolute Gasteiger partial charge is 0.478 e. The Balaban J connectivity index is 1.58. The normalized spacial score (nSPS) is 10.9. The molecule has 3 rings (SSSR count). The Labute approximate surface area is 162 Å². The highest BCUT2D eigenvalue weighted by molar-refractivity contribution is 5.88. The van der Waals surface area contributed by atoms with Gasteiger partial charge in [0.25, 0.3) is 0 Å². The van der Waals surface area contributed by atoms with Gasteiger partial charge in [-0.1, -0.05) is 30.3 Å². The van der Waals surface area contributed by atoms with Gasteiger partial charge in [0.05, 0.1) is 18.2 Å². The summed E-state index contributed by atoms with van der Waals surface area (Å²) in [6.07, 6.45) is 1.67. The molecule has 2 aromatic carbocycles. The highest BCUT2D eigenvalue weighted by Gasteiger charge is 2.07. The molecule has 142 valence electrons. The highest BCUT2D eigenvalue weighted by atomic mass is 16.4. The first kappa shape index (κ1) is 19.1. The van der Waals surface area contributed by atoms with Gasteiger partial charge in [-0.05, 0) is 54.8 Å². The zero-order valence-electron chi connectivity index (χ0n) is 15.6. The predicted molar refractivity (Wildman–Crippen MR) is 106 cm³/mol. The van der Waals surface area contributed by atoms with Gasteiger partial charge in [0.2, 0.25) is 5.91 Å². The summed E-state index contributed by atoms with van der Waals surface area (Å²) in [6.45, 7) is 4.04. The van der Waals surface area contributed by atoms with E-state index in [1.165, 1.54) is 23.9 Å². The van der Waals surface area contributed by atoms with E-state index in [1.807, 2.05) is 32.0 Å². The minimum atomic E-state index is -0.977. The molecule has 0 aliphatic heterocycles. The number of amides is 1. The zero-order chi connectivity index (χ0) is 20.1. The molecule has 6 heteroatoms. The SMILES string of the molecule is Cc1ccc(CC(=O)N/N=C\c2ccc(-c3ccc(C(=O)O)cc3)o2)cc1C. The average Bonchev–Trinajstić information content (AvgIpc) is 3.14. The third-order valence-electron chi connectivity index (χ3n) is 4.36. The van der Waals surface area contributed by atoms with Crippen molar-refractivity contribution in [2.75, 3.05) is 0 Å². The Kier molecular flexibility index (Phi) is 5.69. The molecular formula is C22H20N2O4. The maximum Gasteiger partial charge on any atom is 0.335 e. The van der Waals surface area contributed by atoms with Crippen molar-refractivity contribution < 1.29 is 19.1 Å². The van der Waals surface area contributed by atoms with E-state index in [-0.39, 0.29) is 17.9 Å². The molecule has 0 saturated carbocycles. The number of carbonyl (C=O) groups is 2. The fourth-order valence-corrected chi connectivity index (χ4v) is 2.66. The van der Waals surface area contributed by atoms with Crippen molar-refractivity contribution in [1.82, 2.24) is 5.43 Å². The number of aromatic carboxylic acids is 1. The number of hydrazone groups is 1. The van der Waals surface area contributed by atoms with Gasteiger partial charge >= 0.3 is 5.97 Å². The van der Waals surface area contributed by atoms with E-state index in [2.05, 4.69) is 10.5 Å². The molecule has 3 aromatic rings. The van der Waals surface area contributed by atoms with Gasteiger partial charge in [-0.2, -0.15) is 5.10 Å². The molecule has 1 heterocycles. The Morgan fingerprint density at radius 3 is 2.46 bits per heavy atom. The molecule has 0 radical (unpaired) electrons. The number of nitrogens with one attached hydrogen (secondary N) is 1. The number of carboxylic acids is 1. The van der Waals surface area contributed by atoms with Crippen LogP contribution in [0.5, 0.6) is 0 Å². The Morgan fingerprint density at radius 2 is 1.79 bits per heavy atom. The van der Waals surface area contributed by atoms with Crippen molar-refractivity contribution in [3.63, 3.8) is 0 Å². The fourth-order valence-electron chi connectivity index (χ4n) is 2.66. The van der Waals surface area contributed by atoms with Crippen LogP contribution >= 0.6 is 0 Å². The number of furan rings is 1. The second-order valence-electron chi connectivity index (χ2n) is 6.47. The van der Waals surface area contributed by atoms with Gasteiger partial charge in [-0.3, -0.25) is 4.79 Å². The van der Waals surface area contributed by atoms with Crippen LogP contribution in [0.15, 0.2) is 64.1 Å². The van der Waals surface area contributed by atoms with Crippen molar-refractivity contribution in [1.29, 1.82) is 0 Å². The van der Waals surface area contributed by atoms with E-state index >= 15 is 0 Å². The number of carbonyl (C=O) groups excluding carboxylic acids is 1. The number of hydrogen-bond donors (Lipinski definition) is 2. The van der Waals surface area contributed by atoms with E-state index in [0.717, 1.165) is 16.7 Å². The minimum Gasteiger partial charge on any atom is -0.478 e. The lowest BCUT2D eigenvalue weighted by Gasteiger charge is -2.04. The van der Waals surface area contributed by atoms with E-state index < -0.39 is 5.97 Å². The molecule has 2 N–H and O–H groups in total. The van der Waals surface area contributed by atoms with Gasteiger partial charge in [0.1, 0.15) is 11.5 Å². The van der Waals surface area contributed by atoms with E-state index in [9.17, 15) is 9.59 Å². The summed E-state index contributed by atoms with van der Waals surface area (Å²) in [5.41, 5.74) is 6.72. The maximum absolute atomic E-state index is 12.0. The van der Waals surface area contributed by atoms with Crippen LogP contribution in [0, 0.1) is 13.8 Å². The van der Waals surface area contributed by atoms with Gasteiger partial charge in [-0.25, -0.2) is 10.2 Å². The van der Waals surface area contributed by atoms with Crippen LogP contribution in [0.25, 0.3) is 11.3 Å². The van der Waals surface area contributed by atoms with Crippen molar-refractivity contribution in [3.05, 3.63) is 82.6 Å². The van der Waals surface area contributed by atoms with E-state index in [4.69, 9.17) is 9.52 Å². The fraction of sp³-hybridized carbons (Fsp3) is 0.136. The van der Waals surface area contributed by atoms with Crippen LogP contribution in [0.4, 0.5) is 0 Å². The minimum absolute atomic E-state index is 0.212. The van der Waals surface area contributed by atoms with E-state index in [0.29, 0.717) is 11.5 Å². The number of carboxylic acid groups (broad SMARTS) is 1. The van der Waals surface area contributed by atoms with Crippen LogP contribution in [-0.4, -0.2) is 23.2 Å². The Hall–Kier alpha value is -3.67. The van der Waals surface area contributed by atoms with Crippen molar-refractivity contribution >= 4 is 18.1 Å². The topological polar surface area (TPSA) is 91.9 Å². The number of rotatable bonds is 6. The summed E-state index contributed by atoms with van der Waals surface area (Å²) in [6, 6.07) is 15.8. The molecule has 0 aliphatic carbocycles. The number of aryl methyl sites for hydroxylation is 2. The standard InChI is InChI=1S/C22H20N2O4/c1-14-3-4-16(11-15(14)2)12-21(25)24-23-13-19-9-10-20(28-19)17-5-7-18(8-6-17)22(26)27/h3-11,13H,12H2,1-2H3,(H,24,25)(H,26,27)/b23-13-. The van der Waals surface area contributed by atoms with Crippen LogP contribution in [0.2, 0.25) is 0 Å². The van der Waals surface area contributed by atoms with Gasteiger partial charge in [0, 0.05) is 5.56 Å². The van der Waals surface area contributed by atoms with Crippen LogP contribution in [0.3, 0.4) is 0 Å². The third-order valence-corrected chi connectivity index (χ3v) is 4.36. The lowest BCUT2D eigenvalue weighted by Crippen LogP contribution is -2.19. The van der Waals surface area contributed by atoms with Gasteiger partial charge < -0.3 is 9.52 Å².